The van der Waals surface area contributed by atoms with Gasteiger partial charge in [0.25, 0.3) is 0 Å². The van der Waals surface area contributed by atoms with Gasteiger partial charge in [0.05, 0.1) is 6.33 Å². The maximum Gasteiger partial charge on any atom is 0.182 e. The Kier molecular flexibility index (Phi) is 3.64. The Balaban J connectivity index is 2.40. The number of aromatic nitrogens is 2. The van der Waals surface area contributed by atoms with Gasteiger partial charge in [-0.1, -0.05) is 0 Å². The molecule has 1 rings (SSSR count). The number of imidazole rings is 1. The molecule has 4 heteroatoms. The first-order valence-electron chi connectivity index (χ1n) is 4.24. The molecule has 0 amide bonds. The highest BCUT2D eigenvalue weighted by Crippen LogP contribution is 2.01. The molecule has 1 aromatic rings. The summed E-state index contributed by atoms with van der Waals surface area (Å²) in [4.78, 5) is 15.4. The summed E-state index contributed by atoms with van der Waals surface area (Å²) >= 11 is 0. The molecule has 72 valence electrons. The topological polar surface area (TPSA) is 44.1 Å². The van der Waals surface area contributed by atoms with E-state index < -0.39 is 0 Å². The van der Waals surface area contributed by atoms with Crippen LogP contribution in [0.3, 0.4) is 0 Å². The monoisotopic (exact) mass is 182 g/mol. The number of ketones is 1. The predicted molar refractivity (Wildman–Crippen MR) is 48.6 cm³/mol. The van der Waals surface area contributed by atoms with Gasteiger partial charge in [0.2, 0.25) is 0 Å². The molecule has 1 heterocycles. The SMILES string of the molecule is COCCCC(=O)c1cn(C)cn1. The van der Waals surface area contributed by atoms with Gasteiger partial charge in [-0.25, -0.2) is 4.98 Å². The quantitative estimate of drug-likeness (QED) is 0.504. The van der Waals surface area contributed by atoms with Crippen molar-refractivity contribution in [3.05, 3.63) is 18.2 Å². The van der Waals surface area contributed by atoms with Gasteiger partial charge in [0.1, 0.15) is 5.69 Å². The number of ether oxygens (including phenoxy) is 1. The van der Waals surface area contributed by atoms with Gasteiger partial charge in [0, 0.05) is 33.4 Å². The lowest BCUT2D eigenvalue weighted by molar-refractivity contribution is 0.0959. The lowest BCUT2D eigenvalue weighted by atomic mass is 10.2. The zero-order chi connectivity index (χ0) is 9.68. The van der Waals surface area contributed by atoms with Crippen LogP contribution in [-0.4, -0.2) is 29.1 Å². The third kappa shape index (κ3) is 2.99. The third-order valence-electron chi connectivity index (χ3n) is 1.74. The van der Waals surface area contributed by atoms with Crippen molar-refractivity contribution in [3.63, 3.8) is 0 Å². The van der Waals surface area contributed by atoms with E-state index >= 15 is 0 Å². The molecule has 0 saturated carbocycles. The molecule has 0 spiro atoms. The minimum atomic E-state index is 0.0812. The van der Waals surface area contributed by atoms with Crippen LogP contribution in [0.4, 0.5) is 0 Å². The Morgan fingerprint density at radius 3 is 3.00 bits per heavy atom. The summed E-state index contributed by atoms with van der Waals surface area (Å²) in [5.41, 5.74) is 0.540. The number of hydrogen-bond acceptors (Lipinski definition) is 3. The van der Waals surface area contributed by atoms with Crippen LogP contribution in [0.15, 0.2) is 12.5 Å². The second-order valence-electron chi connectivity index (χ2n) is 2.94. The molecule has 0 aromatic carbocycles. The van der Waals surface area contributed by atoms with Crippen LogP contribution >= 0.6 is 0 Å². The number of methoxy groups -OCH3 is 1. The average Bonchev–Trinajstić information content (AvgIpc) is 2.52. The highest BCUT2D eigenvalue weighted by atomic mass is 16.5. The van der Waals surface area contributed by atoms with Crippen molar-refractivity contribution in [3.8, 4) is 0 Å². The van der Waals surface area contributed by atoms with Crippen LogP contribution < -0.4 is 0 Å². The van der Waals surface area contributed by atoms with Crippen LogP contribution in [0.1, 0.15) is 23.3 Å². The van der Waals surface area contributed by atoms with Crippen LogP contribution in [0, 0.1) is 0 Å². The van der Waals surface area contributed by atoms with Crippen molar-refractivity contribution in [1.29, 1.82) is 0 Å². The van der Waals surface area contributed by atoms with Gasteiger partial charge < -0.3 is 9.30 Å². The Hall–Kier alpha value is -1.16. The Morgan fingerprint density at radius 2 is 2.46 bits per heavy atom. The molecule has 0 saturated heterocycles. The Bertz CT molecular complexity index is 281. The zero-order valence-electron chi connectivity index (χ0n) is 7.99. The van der Waals surface area contributed by atoms with Crippen LogP contribution in [0.25, 0.3) is 0 Å². The Morgan fingerprint density at radius 1 is 1.69 bits per heavy atom. The summed E-state index contributed by atoms with van der Waals surface area (Å²) < 4.78 is 6.62. The molecule has 0 atom stereocenters. The smallest absolute Gasteiger partial charge is 0.182 e. The number of Topliss-reactive ketones (excluding diaryl/α,β-unsaturated/α-hetero) is 1. The molecule has 0 fully saturated rings. The molecule has 1 aromatic heterocycles. The van der Waals surface area contributed by atoms with E-state index in [1.165, 1.54) is 0 Å². The lowest BCUT2D eigenvalue weighted by Crippen LogP contribution is -2.01. The van der Waals surface area contributed by atoms with E-state index in [-0.39, 0.29) is 5.78 Å². The maximum atomic E-state index is 11.4. The molecule has 0 aliphatic carbocycles. The van der Waals surface area contributed by atoms with E-state index in [0.29, 0.717) is 18.7 Å². The maximum absolute atomic E-state index is 11.4. The van der Waals surface area contributed by atoms with Gasteiger partial charge in [-0.3, -0.25) is 4.79 Å². The van der Waals surface area contributed by atoms with E-state index in [1.54, 1.807) is 24.2 Å². The average molecular weight is 182 g/mol. The second kappa shape index (κ2) is 4.77. The Labute approximate surface area is 77.5 Å². The predicted octanol–water partition coefficient (Wildman–Crippen LogP) is 1.03. The first kappa shape index (κ1) is 9.92. The van der Waals surface area contributed by atoms with Crippen molar-refractivity contribution < 1.29 is 9.53 Å². The molecule has 13 heavy (non-hydrogen) atoms. The largest absolute Gasteiger partial charge is 0.385 e. The summed E-state index contributed by atoms with van der Waals surface area (Å²) in [6.07, 6.45) is 4.62. The number of carbonyl (C=O) groups is 1. The molecule has 0 N–H and O–H groups in total. The summed E-state index contributed by atoms with van der Waals surface area (Å²) in [6, 6.07) is 0. The van der Waals surface area contributed by atoms with E-state index in [0.717, 1.165) is 6.42 Å². The molecular formula is C9H14N2O2. The molecule has 0 aliphatic heterocycles. The number of rotatable bonds is 5. The molecule has 0 aliphatic rings. The molecule has 0 unspecified atom stereocenters. The first-order valence-corrected chi connectivity index (χ1v) is 4.24. The van der Waals surface area contributed by atoms with Crippen molar-refractivity contribution in [2.75, 3.05) is 13.7 Å². The number of carbonyl (C=O) groups excluding carboxylic acids is 1. The van der Waals surface area contributed by atoms with Crippen LogP contribution in [0.2, 0.25) is 0 Å². The van der Waals surface area contributed by atoms with E-state index in [1.807, 2.05) is 7.05 Å². The van der Waals surface area contributed by atoms with Gasteiger partial charge in [0.15, 0.2) is 5.78 Å². The number of aryl methyl sites for hydroxylation is 1. The van der Waals surface area contributed by atoms with Crippen molar-refractivity contribution in [2.45, 2.75) is 12.8 Å². The fraction of sp³-hybridized carbons (Fsp3) is 0.556. The van der Waals surface area contributed by atoms with E-state index in [9.17, 15) is 4.79 Å². The highest BCUT2D eigenvalue weighted by Gasteiger charge is 2.07. The molecular weight excluding hydrogens is 168 g/mol. The first-order chi connectivity index (χ1) is 6.24. The number of nitrogens with zero attached hydrogens (tertiary/aromatic N) is 2. The number of hydrogen-bond donors (Lipinski definition) is 0. The normalized spacial score (nSPS) is 10.3. The van der Waals surface area contributed by atoms with E-state index in [2.05, 4.69) is 4.98 Å². The van der Waals surface area contributed by atoms with Crippen LogP contribution in [0.5, 0.6) is 0 Å². The summed E-state index contributed by atoms with van der Waals surface area (Å²) in [7, 11) is 3.48. The molecule has 0 bridgehead atoms. The minimum Gasteiger partial charge on any atom is -0.385 e. The van der Waals surface area contributed by atoms with Gasteiger partial charge >= 0.3 is 0 Å². The van der Waals surface area contributed by atoms with Crippen molar-refractivity contribution >= 4 is 5.78 Å². The van der Waals surface area contributed by atoms with E-state index in [4.69, 9.17) is 4.74 Å². The fourth-order valence-corrected chi connectivity index (χ4v) is 1.06. The summed E-state index contributed by atoms with van der Waals surface area (Å²) in [6.45, 7) is 0.624. The lowest BCUT2D eigenvalue weighted by Gasteiger charge is -1.96. The van der Waals surface area contributed by atoms with Gasteiger partial charge in [-0.05, 0) is 6.42 Å². The van der Waals surface area contributed by atoms with Crippen LogP contribution in [-0.2, 0) is 11.8 Å². The fourth-order valence-electron chi connectivity index (χ4n) is 1.06. The minimum absolute atomic E-state index is 0.0812. The summed E-state index contributed by atoms with van der Waals surface area (Å²) in [5, 5.41) is 0. The molecule has 4 nitrogen and oxygen atoms in total. The zero-order valence-corrected chi connectivity index (χ0v) is 7.99. The second-order valence-corrected chi connectivity index (χ2v) is 2.94. The highest BCUT2D eigenvalue weighted by molar-refractivity contribution is 5.93. The molecule has 0 radical (unpaired) electrons. The van der Waals surface area contributed by atoms with Gasteiger partial charge in [-0.15, -0.1) is 0 Å². The van der Waals surface area contributed by atoms with Gasteiger partial charge in [-0.2, -0.15) is 0 Å². The summed E-state index contributed by atoms with van der Waals surface area (Å²) in [5.74, 6) is 0.0812. The standard InChI is InChI=1S/C9H14N2O2/c1-11-6-8(10-7-11)9(12)4-3-5-13-2/h6-7H,3-5H2,1-2H3. The van der Waals surface area contributed by atoms with Crippen molar-refractivity contribution in [2.24, 2.45) is 7.05 Å². The van der Waals surface area contributed by atoms with Crippen molar-refractivity contribution in [1.82, 2.24) is 9.55 Å². The third-order valence-corrected chi connectivity index (χ3v) is 1.74.